The lowest BCUT2D eigenvalue weighted by molar-refractivity contribution is -0.111. The van der Waals surface area contributed by atoms with Crippen LogP contribution in [0.3, 0.4) is 0 Å². The molecule has 4 rings (SSSR count). The predicted molar refractivity (Wildman–Crippen MR) is 122 cm³/mol. The second-order valence-corrected chi connectivity index (χ2v) is 7.99. The van der Waals surface area contributed by atoms with Gasteiger partial charge in [0.25, 0.3) is 0 Å². The molecule has 1 aliphatic heterocycles. The van der Waals surface area contributed by atoms with Crippen LogP contribution < -0.4 is 10.6 Å². The zero-order valence-corrected chi connectivity index (χ0v) is 18.0. The van der Waals surface area contributed by atoms with Gasteiger partial charge in [0.05, 0.1) is 16.2 Å². The Bertz CT molecular complexity index is 1160. The molecule has 0 aliphatic carbocycles. The van der Waals surface area contributed by atoms with Gasteiger partial charge in [0.15, 0.2) is 0 Å². The van der Waals surface area contributed by atoms with Crippen LogP contribution >= 0.6 is 11.6 Å². The summed E-state index contributed by atoms with van der Waals surface area (Å²) < 4.78 is 28.0. The number of amides is 1. The van der Waals surface area contributed by atoms with Gasteiger partial charge in [-0.1, -0.05) is 24.1 Å². The summed E-state index contributed by atoms with van der Waals surface area (Å²) in [5.41, 5.74) is 0.874. The molecule has 166 valence electrons. The highest BCUT2D eigenvalue weighted by Gasteiger charge is 2.13. The molecule has 1 fully saturated rings. The number of piperidine rings is 1. The number of anilines is 3. The summed E-state index contributed by atoms with van der Waals surface area (Å²) in [6.45, 7) is 2.75. The smallest absolute Gasteiger partial charge is 0.248 e. The highest BCUT2D eigenvalue weighted by molar-refractivity contribution is 6.31. The number of nitrogens with zero attached hydrogens (tertiary/aromatic N) is 3. The molecule has 2 N–H and O–H groups in total. The highest BCUT2D eigenvalue weighted by Crippen LogP contribution is 2.29. The van der Waals surface area contributed by atoms with E-state index in [1.54, 1.807) is 6.08 Å². The average molecular weight is 458 g/mol. The monoisotopic (exact) mass is 457 g/mol. The number of benzene rings is 2. The molecule has 0 saturated carbocycles. The van der Waals surface area contributed by atoms with Crippen molar-refractivity contribution in [3.8, 4) is 0 Å². The van der Waals surface area contributed by atoms with Gasteiger partial charge in [-0.05, 0) is 50.2 Å². The van der Waals surface area contributed by atoms with Crippen molar-refractivity contribution in [2.24, 2.45) is 0 Å². The van der Waals surface area contributed by atoms with Crippen molar-refractivity contribution in [3.63, 3.8) is 0 Å². The van der Waals surface area contributed by atoms with Crippen LogP contribution in [-0.2, 0) is 4.79 Å². The van der Waals surface area contributed by atoms with Crippen LogP contribution in [0.1, 0.15) is 19.3 Å². The molecule has 3 aromatic rings. The van der Waals surface area contributed by atoms with Crippen LogP contribution in [0.25, 0.3) is 10.9 Å². The van der Waals surface area contributed by atoms with E-state index in [-0.39, 0.29) is 10.7 Å². The van der Waals surface area contributed by atoms with E-state index >= 15 is 0 Å². The first-order valence-electron chi connectivity index (χ1n) is 10.4. The zero-order chi connectivity index (χ0) is 22.5. The summed E-state index contributed by atoms with van der Waals surface area (Å²) in [4.78, 5) is 22.9. The Hall–Kier alpha value is -3.10. The van der Waals surface area contributed by atoms with Crippen molar-refractivity contribution in [2.75, 3.05) is 30.3 Å². The van der Waals surface area contributed by atoms with Crippen LogP contribution in [0, 0.1) is 11.6 Å². The van der Waals surface area contributed by atoms with Gasteiger partial charge in [0.2, 0.25) is 5.91 Å². The van der Waals surface area contributed by atoms with Crippen molar-refractivity contribution in [1.82, 2.24) is 14.9 Å². The van der Waals surface area contributed by atoms with Crippen molar-refractivity contribution in [1.29, 1.82) is 0 Å². The van der Waals surface area contributed by atoms with Crippen LogP contribution in [0.4, 0.5) is 26.0 Å². The Labute approximate surface area is 189 Å². The Morgan fingerprint density at radius 2 is 1.91 bits per heavy atom. The average Bonchev–Trinajstić information content (AvgIpc) is 2.78. The Morgan fingerprint density at radius 3 is 2.69 bits per heavy atom. The molecule has 1 amide bonds. The van der Waals surface area contributed by atoms with Gasteiger partial charge in [0.1, 0.15) is 23.8 Å². The molecule has 32 heavy (non-hydrogen) atoms. The number of carbonyl (C=O) groups excluding carboxylic acids is 1. The number of nitrogens with one attached hydrogen (secondary N) is 2. The fourth-order valence-electron chi connectivity index (χ4n) is 3.61. The number of fused-ring (bicyclic) bond motifs is 1. The predicted octanol–water partition coefficient (Wildman–Crippen LogP) is 5.29. The van der Waals surface area contributed by atoms with E-state index in [2.05, 4.69) is 25.5 Å². The van der Waals surface area contributed by atoms with Crippen molar-refractivity contribution in [2.45, 2.75) is 19.3 Å². The lowest BCUT2D eigenvalue weighted by atomic mass is 10.1. The number of hydrogen-bond donors (Lipinski definition) is 2. The summed E-state index contributed by atoms with van der Waals surface area (Å²) in [7, 11) is 0. The minimum absolute atomic E-state index is 0.0140. The molecule has 2 heterocycles. The Morgan fingerprint density at radius 1 is 1.09 bits per heavy atom. The lowest BCUT2D eigenvalue weighted by Gasteiger charge is -2.24. The number of aromatic nitrogens is 2. The minimum atomic E-state index is -0.607. The first-order chi connectivity index (χ1) is 15.5. The number of hydrogen-bond acceptors (Lipinski definition) is 5. The molecule has 0 unspecified atom stereocenters. The maximum Gasteiger partial charge on any atom is 0.248 e. The molecule has 0 atom stereocenters. The first kappa shape index (κ1) is 22.1. The van der Waals surface area contributed by atoms with Gasteiger partial charge in [-0.15, -0.1) is 0 Å². The molecule has 9 heteroatoms. The SMILES string of the molecule is O=C(/C=C/CN1CCCCC1)Nc1cc2c(Nc3ccc(F)c(Cl)c3)ncnc2cc1F. The van der Waals surface area contributed by atoms with E-state index in [1.807, 2.05) is 0 Å². The standard InChI is InChI=1S/C23H22ClF2N5O/c24-17-11-15(6-7-18(17)25)29-23-16-12-21(19(26)13-20(16)27-14-28-23)30-22(32)5-4-10-31-8-2-1-3-9-31/h4-7,11-14H,1-3,8-10H2,(H,30,32)(H,27,28,29)/b5-4+. The molecule has 1 aromatic heterocycles. The van der Waals surface area contributed by atoms with Crippen LogP contribution in [-0.4, -0.2) is 40.4 Å². The number of rotatable bonds is 6. The molecular formula is C23H22ClF2N5O. The fourth-order valence-corrected chi connectivity index (χ4v) is 3.79. The first-order valence-corrected chi connectivity index (χ1v) is 10.7. The van der Waals surface area contributed by atoms with E-state index in [4.69, 9.17) is 11.6 Å². The second-order valence-electron chi connectivity index (χ2n) is 7.58. The molecule has 1 aliphatic rings. The van der Waals surface area contributed by atoms with Crippen LogP contribution in [0.15, 0.2) is 48.8 Å². The van der Waals surface area contributed by atoms with Gasteiger partial charge in [0, 0.05) is 29.8 Å². The highest BCUT2D eigenvalue weighted by atomic mass is 35.5. The van der Waals surface area contributed by atoms with Crippen LogP contribution in [0.5, 0.6) is 0 Å². The third-order valence-electron chi connectivity index (χ3n) is 5.25. The molecule has 0 spiro atoms. The van der Waals surface area contributed by atoms with E-state index in [0.717, 1.165) is 13.1 Å². The molecule has 0 radical (unpaired) electrons. The number of likely N-dealkylation sites (tertiary alicyclic amines) is 1. The zero-order valence-electron chi connectivity index (χ0n) is 17.2. The third-order valence-corrected chi connectivity index (χ3v) is 5.54. The van der Waals surface area contributed by atoms with Crippen molar-refractivity contribution < 1.29 is 13.6 Å². The maximum absolute atomic E-state index is 14.6. The minimum Gasteiger partial charge on any atom is -0.340 e. The normalized spacial score (nSPS) is 14.7. The van der Waals surface area contributed by atoms with Gasteiger partial charge in [-0.2, -0.15) is 0 Å². The maximum atomic E-state index is 14.6. The summed E-state index contributed by atoms with van der Waals surface area (Å²) in [5.74, 6) is -1.19. The van der Waals surface area contributed by atoms with Gasteiger partial charge in [-0.25, -0.2) is 18.7 Å². The second kappa shape index (κ2) is 10.0. The third kappa shape index (κ3) is 5.38. The van der Waals surface area contributed by atoms with Gasteiger partial charge >= 0.3 is 0 Å². The van der Waals surface area contributed by atoms with Crippen LogP contribution in [0.2, 0.25) is 5.02 Å². The van der Waals surface area contributed by atoms with E-state index in [1.165, 1.54) is 62.0 Å². The summed E-state index contributed by atoms with van der Waals surface area (Å²) in [6.07, 6.45) is 8.08. The van der Waals surface area contributed by atoms with E-state index in [9.17, 15) is 13.6 Å². The number of carbonyl (C=O) groups is 1. The topological polar surface area (TPSA) is 70.2 Å². The van der Waals surface area contributed by atoms with Gasteiger partial charge in [-0.3, -0.25) is 9.69 Å². The molecule has 6 nitrogen and oxygen atoms in total. The summed E-state index contributed by atoms with van der Waals surface area (Å²) in [6, 6.07) is 6.86. The fraction of sp³-hybridized carbons (Fsp3) is 0.261. The van der Waals surface area contributed by atoms with Crippen molar-refractivity contribution in [3.05, 3.63) is 65.5 Å². The van der Waals surface area contributed by atoms with E-state index in [0.29, 0.717) is 29.0 Å². The number of halogens is 3. The lowest BCUT2D eigenvalue weighted by Crippen LogP contribution is -2.29. The summed E-state index contributed by atoms with van der Waals surface area (Å²) >= 11 is 5.84. The Kier molecular flexibility index (Phi) is 6.92. The van der Waals surface area contributed by atoms with Gasteiger partial charge < -0.3 is 10.6 Å². The molecule has 0 bridgehead atoms. The molecule has 1 saturated heterocycles. The molecule has 2 aromatic carbocycles. The Balaban J connectivity index is 1.51. The molecular weight excluding hydrogens is 436 g/mol. The largest absolute Gasteiger partial charge is 0.340 e. The summed E-state index contributed by atoms with van der Waals surface area (Å²) in [5, 5.41) is 6.05. The van der Waals surface area contributed by atoms with Crippen molar-refractivity contribution >= 4 is 45.6 Å². The quantitative estimate of drug-likeness (QED) is 0.492. The van der Waals surface area contributed by atoms with E-state index < -0.39 is 17.5 Å².